The highest BCUT2D eigenvalue weighted by atomic mass is 15.1. The first-order valence-corrected chi connectivity index (χ1v) is 3.50. The van der Waals surface area contributed by atoms with Crippen LogP contribution in [0.2, 0.25) is 0 Å². The van der Waals surface area contributed by atoms with Crippen molar-refractivity contribution in [3.05, 3.63) is 18.4 Å². The van der Waals surface area contributed by atoms with Crippen LogP contribution in [0.5, 0.6) is 0 Å². The van der Waals surface area contributed by atoms with Gasteiger partial charge in [-0.25, -0.2) is 0 Å². The molecule has 0 aromatic carbocycles. The summed E-state index contributed by atoms with van der Waals surface area (Å²) in [5, 5.41) is 0. The Balaban J connectivity index is 2.18. The van der Waals surface area contributed by atoms with Gasteiger partial charge in [-0.1, -0.05) is 6.58 Å². The van der Waals surface area contributed by atoms with E-state index < -0.39 is 0 Å². The second kappa shape index (κ2) is 3.49. The maximum Gasteiger partial charge on any atom is 0.0238 e. The van der Waals surface area contributed by atoms with Gasteiger partial charge < -0.3 is 0 Å². The molecule has 0 radical (unpaired) electrons. The van der Waals surface area contributed by atoms with E-state index in [0.29, 0.717) is 0 Å². The van der Waals surface area contributed by atoms with Gasteiger partial charge in [-0.05, 0) is 32.0 Å². The van der Waals surface area contributed by atoms with Crippen LogP contribution >= 0.6 is 0 Å². The van der Waals surface area contributed by atoms with Crippen molar-refractivity contribution < 1.29 is 0 Å². The van der Waals surface area contributed by atoms with Gasteiger partial charge in [0.05, 0.1) is 0 Å². The zero-order chi connectivity index (χ0) is 6.53. The minimum Gasteiger partial charge on any atom is -0.299 e. The summed E-state index contributed by atoms with van der Waals surface area (Å²) in [7, 11) is 0. The van der Waals surface area contributed by atoms with Crippen LogP contribution in [0.3, 0.4) is 0 Å². The molecule has 0 aliphatic carbocycles. The number of hydrogen-bond donors (Lipinski definition) is 0. The van der Waals surface area contributed by atoms with Gasteiger partial charge >= 0.3 is 0 Å². The second-order valence-corrected chi connectivity index (χ2v) is 2.42. The summed E-state index contributed by atoms with van der Waals surface area (Å²) in [5.41, 5.74) is 2.78. The van der Waals surface area contributed by atoms with Crippen LogP contribution in [0.15, 0.2) is 18.4 Å². The van der Waals surface area contributed by atoms with Gasteiger partial charge in [0.2, 0.25) is 0 Å². The summed E-state index contributed by atoms with van der Waals surface area (Å²) < 4.78 is 0. The van der Waals surface area contributed by atoms with Crippen LogP contribution in [0, 0.1) is 0 Å². The van der Waals surface area contributed by atoms with Crippen molar-refractivity contribution in [2.75, 3.05) is 19.6 Å². The molecule has 0 amide bonds. The van der Waals surface area contributed by atoms with E-state index in [2.05, 4.69) is 17.2 Å². The van der Waals surface area contributed by atoms with Crippen molar-refractivity contribution in [2.45, 2.75) is 12.8 Å². The lowest BCUT2D eigenvalue weighted by molar-refractivity contribution is 0.377. The molecule has 0 N–H and O–H groups in total. The lowest BCUT2D eigenvalue weighted by atomic mass is 10.4. The molecule has 0 unspecified atom stereocenters. The molecular weight excluding hydrogens is 110 g/mol. The SMILES string of the molecule is C=C=CCN1CCCC1. The van der Waals surface area contributed by atoms with Gasteiger partial charge in [0, 0.05) is 6.54 Å². The van der Waals surface area contributed by atoms with E-state index in [9.17, 15) is 0 Å². The predicted octanol–water partition coefficient (Wildman–Crippen LogP) is 1.42. The first kappa shape index (κ1) is 6.60. The minimum absolute atomic E-state index is 1.05. The van der Waals surface area contributed by atoms with Crippen LogP contribution in [0.1, 0.15) is 12.8 Å². The zero-order valence-electron chi connectivity index (χ0n) is 5.77. The molecular formula is C8H13N. The van der Waals surface area contributed by atoms with E-state index in [1.807, 2.05) is 6.08 Å². The zero-order valence-corrected chi connectivity index (χ0v) is 5.77. The Morgan fingerprint density at radius 2 is 2.11 bits per heavy atom. The van der Waals surface area contributed by atoms with Crippen LogP contribution < -0.4 is 0 Å². The molecule has 0 spiro atoms. The maximum absolute atomic E-state index is 3.51. The number of hydrogen-bond acceptors (Lipinski definition) is 1. The Labute approximate surface area is 56.7 Å². The lowest BCUT2D eigenvalue weighted by Gasteiger charge is -2.08. The molecule has 1 nitrogen and oxygen atoms in total. The highest BCUT2D eigenvalue weighted by Gasteiger charge is 2.08. The second-order valence-electron chi connectivity index (χ2n) is 2.42. The third-order valence-corrected chi connectivity index (χ3v) is 1.69. The van der Waals surface area contributed by atoms with Gasteiger partial charge in [-0.15, -0.1) is 5.73 Å². The Kier molecular flexibility index (Phi) is 2.56. The van der Waals surface area contributed by atoms with E-state index in [1.165, 1.54) is 25.9 Å². The van der Waals surface area contributed by atoms with E-state index in [0.717, 1.165) is 6.54 Å². The van der Waals surface area contributed by atoms with Crippen LogP contribution in [0.4, 0.5) is 0 Å². The normalized spacial score (nSPS) is 19.6. The monoisotopic (exact) mass is 123 g/mol. The van der Waals surface area contributed by atoms with E-state index in [4.69, 9.17) is 0 Å². The number of nitrogens with zero attached hydrogens (tertiary/aromatic N) is 1. The van der Waals surface area contributed by atoms with E-state index in [-0.39, 0.29) is 0 Å². The van der Waals surface area contributed by atoms with Gasteiger partial charge in [0.25, 0.3) is 0 Å². The first-order chi connectivity index (χ1) is 4.43. The minimum atomic E-state index is 1.05. The molecule has 1 aliphatic heterocycles. The van der Waals surface area contributed by atoms with Gasteiger partial charge in [-0.3, -0.25) is 4.90 Å². The van der Waals surface area contributed by atoms with Crippen LogP contribution in [-0.4, -0.2) is 24.5 Å². The third kappa shape index (κ3) is 2.05. The highest BCUT2D eigenvalue weighted by Crippen LogP contribution is 2.05. The fraction of sp³-hybridized carbons (Fsp3) is 0.625. The number of likely N-dealkylation sites (tertiary alicyclic amines) is 1. The van der Waals surface area contributed by atoms with Crippen molar-refractivity contribution in [2.24, 2.45) is 0 Å². The van der Waals surface area contributed by atoms with E-state index in [1.54, 1.807) is 0 Å². The highest BCUT2D eigenvalue weighted by molar-refractivity contribution is 4.81. The lowest BCUT2D eigenvalue weighted by Crippen LogP contribution is -2.18. The molecule has 0 atom stereocenters. The molecule has 9 heavy (non-hydrogen) atoms. The number of rotatable bonds is 2. The van der Waals surface area contributed by atoms with Gasteiger partial charge in [0.15, 0.2) is 0 Å². The van der Waals surface area contributed by atoms with Crippen molar-refractivity contribution in [3.63, 3.8) is 0 Å². The third-order valence-electron chi connectivity index (χ3n) is 1.69. The molecule has 0 aromatic rings. The molecule has 1 heteroatoms. The summed E-state index contributed by atoms with van der Waals surface area (Å²) in [6.07, 6.45) is 4.72. The molecule has 0 saturated carbocycles. The molecule has 0 aromatic heterocycles. The molecule has 1 heterocycles. The van der Waals surface area contributed by atoms with Gasteiger partial charge in [0.1, 0.15) is 0 Å². The summed E-state index contributed by atoms with van der Waals surface area (Å²) in [5.74, 6) is 0. The molecule has 1 rings (SSSR count). The fourth-order valence-electron chi connectivity index (χ4n) is 1.16. The molecule has 0 bridgehead atoms. The Bertz CT molecular complexity index is 117. The summed E-state index contributed by atoms with van der Waals surface area (Å²) >= 11 is 0. The Morgan fingerprint density at radius 1 is 1.44 bits per heavy atom. The maximum atomic E-state index is 3.51. The summed E-state index contributed by atoms with van der Waals surface area (Å²) in [6.45, 7) is 7.08. The predicted molar refractivity (Wildman–Crippen MR) is 39.4 cm³/mol. The van der Waals surface area contributed by atoms with Crippen molar-refractivity contribution in [3.8, 4) is 0 Å². The average molecular weight is 123 g/mol. The molecule has 1 saturated heterocycles. The van der Waals surface area contributed by atoms with E-state index >= 15 is 0 Å². The van der Waals surface area contributed by atoms with Crippen LogP contribution in [0.25, 0.3) is 0 Å². The quantitative estimate of drug-likeness (QED) is 0.502. The standard InChI is InChI=1S/C8H13N/c1-2-3-6-9-7-4-5-8-9/h3H,1,4-8H2. The Hall–Kier alpha value is -0.520. The van der Waals surface area contributed by atoms with Crippen molar-refractivity contribution in [1.82, 2.24) is 4.90 Å². The molecule has 50 valence electrons. The summed E-state index contributed by atoms with van der Waals surface area (Å²) in [6, 6.07) is 0. The summed E-state index contributed by atoms with van der Waals surface area (Å²) in [4.78, 5) is 2.41. The first-order valence-electron chi connectivity index (χ1n) is 3.50. The Morgan fingerprint density at radius 3 is 2.67 bits per heavy atom. The van der Waals surface area contributed by atoms with Crippen molar-refractivity contribution >= 4 is 0 Å². The van der Waals surface area contributed by atoms with Gasteiger partial charge in [-0.2, -0.15) is 0 Å². The topological polar surface area (TPSA) is 3.24 Å². The fourth-order valence-corrected chi connectivity index (χ4v) is 1.16. The smallest absolute Gasteiger partial charge is 0.0238 e. The molecule has 1 aliphatic rings. The average Bonchev–Trinajstić information content (AvgIpc) is 2.34. The van der Waals surface area contributed by atoms with Crippen LogP contribution in [-0.2, 0) is 0 Å². The van der Waals surface area contributed by atoms with Crippen molar-refractivity contribution in [1.29, 1.82) is 0 Å². The largest absolute Gasteiger partial charge is 0.299 e. The molecule has 1 fully saturated rings.